The topological polar surface area (TPSA) is 267 Å². The minimum Gasteiger partial charge on any atom is -0.508 e. The number of fused-ring (bicyclic) bond motifs is 1. The van der Waals surface area contributed by atoms with Gasteiger partial charge < -0.3 is 68.2 Å². The average Bonchev–Trinajstić information content (AvgIpc) is 3.34. The molecule has 270 valence electrons. The molecule has 0 radical (unpaired) electrons. The van der Waals surface area contributed by atoms with Crippen molar-refractivity contribution in [3.05, 3.63) is 46.6 Å². The van der Waals surface area contributed by atoms with E-state index >= 15 is 0 Å². The van der Waals surface area contributed by atoms with Crippen molar-refractivity contribution in [3.8, 4) is 34.3 Å². The maximum Gasteiger partial charge on any atom is 0.303 e. The van der Waals surface area contributed by atoms with Crippen LogP contribution < -0.4 is 10.2 Å². The predicted molar refractivity (Wildman–Crippen MR) is 163 cm³/mol. The summed E-state index contributed by atoms with van der Waals surface area (Å²) in [5, 5.41) is 62.2. The van der Waals surface area contributed by atoms with Gasteiger partial charge in [-0.25, -0.2) is 0 Å². The molecule has 0 amide bonds. The number of esters is 3. The van der Waals surface area contributed by atoms with Crippen LogP contribution in [0.5, 0.6) is 23.0 Å². The molecule has 5 rings (SSSR count). The Balaban J connectivity index is 1.43. The smallest absolute Gasteiger partial charge is 0.303 e. The first-order chi connectivity index (χ1) is 23.6. The number of aliphatic hydroxyl groups excluding tert-OH is 3. The van der Waals surface area contributed by atoms with E-state index < -0.39 is 114 Å². The number of carbonyl (C=O) groups is 3. The van der Waals surface area contributed by atoms with E-state index in [0.717, 1.165) is 32.9 Å². The molecule has 0 aliphatic carbocycles. The van der Waals surface area contributed by atoms with Gasteiger partial charge in [0.15, 0.2) is 24.3 Å². The first-order valence-corrected chi connectivity index (χ1v) is 15.1. The number of aliphatic hydroxyl groups is 3. The number of hydrogen-bond donors (Lipinski definition) is 6. The number of phenols is 3. The molecule has 3 heterocycles. The summed E-state index contributed by atoms with van der Waals surface area (Å²) in [7, 11) is 0. The van der Waals surface area contributed by atoms with Gasteiger partial charge >= 0.3 is 17.9 Å². The van der Waals surface area contributed by atoms with Crippen LogP contribution in [0.3, 0.4) is 0 Å². The summed E-state index contributed by atoms with van der Waals surface area (Å²) < 4.78 is 44.4. The highest BCUT2D eigenvalue weighted by Crippen LogP contribution is 2.38. The van der Waals surface area contributed by atoms with Crippen molar-refractivity contribution in [2.75, 3.05) is 13.2 Å². The lowest BCUT2D eigenvalue weighted by Gasteiger charge is -2.40. The number of carbonyl (C=O) groups excluding carboxylic acids is 3. The largest absolute Gasteiger partial charge is 0.508 e. The zero-order valence-electron chi connectivity index (χ0n) is 26.7. The highest BCUT2D eigenvalue weighted by Gasteiger charge is 2.52. The molecule has 6 N–H and O–H groups in total. The molecule has 2 aromatic carbocycles. The highest BCUT2D eigenvalue weighted by atomic mass is 16.8. The summed E-state index contributed by atoms with van der Waals surface area (Å²) in [5.74, 6) is -4.38. The van der Waals surface area contributed by atoms with Gasteiger partial charge in [-0.1, -0.05) is 0 Å². The third-order valence-corrected chi connectivity index (χ3v) is 7.70. The van der Waals surface area contributed by atoms with Crippen molar-refractivity contribution in [2.24, 2.45) is 0 Å². The number of hydrogen-bond acceptors (Lipinski definition) is 18. The zero-order valence-corrected chi connectivity index (χ0v) is 26.7. The van der Waals surface area contributed by atoms with Gasteiger partial charge in [0.2, 0.25) is 17.5 Å². The lowest BCUT2D eigenvalue weighted by molar-refractivity contribution is -0.290. The van der Waals surface area contributed by atoms with Crippen molar-refractivity contribution in [1.29, 1.82) is 0 Å². The van der Waals surface area contributed by atoms with E-state index in [2.05, 4.69) is 0 Å². The summed E-state index contributed by atoms with van der Waals surface area (Å²) in [6.45, 7) is 2.25. The van der Waals surface area contributed by atoms with Gasteiger partial charge in [0.25, 0.3) is 0 Å². The fourth-order valence-corrected chi connectivity index (χ4v) is 5.45. The monoisotopic (exact) mass is 706 g/mol. The first-order valence-electron chi connectivity index (χ1n) is 15.1. The molecule has 1 aromatic heterocycles. The summed E-state index contributed by atoms with van der Waals surface area (Å²) in [6, 6.07) is 7.24. The molecule has 0 bridgehead atoms. The number of benzene rings is 2. The lowest BCUT2D eigenvalue weighted by Crippen LogP contribution is -2.60. The fourth-order valence-electron chi connectivity index (χ4n) is 5.45. The Labute approximate surface area is 281 Å². The van der Waals surface area contributed by atoms with Crippen LogP contribution in [0, 0.1) is 0 Å². The van der Waals surface area contributed by atoms with E-state index in [-0.39, 0.29) is 22.7 Å². The second-order valence-corrected chi connectivity index (χ2v) is 11.4. The van der Waals surface area contributed by atoms with Crippen molar-refractivity contribution in [2.45, 2.75) is 76.1 Å². The highest BCUT2D eigenvalue weighted by molar-refractivity contribution is 5.88. The number of phenolic OH excluding ortho intramolecular Hbond substituents is 3. The number of aromatic hydroxyl groups is 3. The van der Waals surface area contributed by atoms with Gasteiger partial charge in [-0.3, -0.25) is 19.2 Å². The minimum absolute atomic E-state index is 0.125. The van der Waals surface area contributed by atoms with Crippen LogP contribution in [0.2, 0.25) is 0 Å². The van der Waals surface area contributed by atoms with Crippen LogP contribution in [0.15, 0.2) is 45.6 Å². The quantitative estimate of drug-likeness (QED) is 0.119. The van der Waals surface area contributed by atoms with Gasteiger partial charge in [-0.15, -0.1) is 0 Å². The van der Waals surface area contributed by atoms with Crippen LogP contribution in [-0.2, 0) is 42.8 Å². The van der Waals surface area contributed by atoms with Gasteiger partial charge in [-0.05, 0) is 24.3 Å². The van der Waals surface area contributed by atoms with E-state index in [1.54, 1.807) is 0 Å². The Morgan fingerprint density at radius 1 is 0.740 bits per heavy atom. The summed E-state index contributed by atoms with van der Waals surface area (Å²) >= 11 is 0. The van der Waals surface area contributed by atoms with E-state index in [0.29, 0.717) is 0 Å². The SMILES string of the molecule is CC(=O)OC[C@H]1O[C@@H](OC[C@@H]2O[C@H](Oc3c(-c4ccc(O)cc4)oc4cc(O)cc(O)c4c3=O)[C@@H](O)[C@H](O)[C@H]2O)[C@@H](OC(C)=O)[C@@H]1OC(C)=O. The van der Waals surface area contributed by atoms with Gasteiger partial charge in [0.05, 0.1) is 6.61 Å². The minimum atomic E-state index is -1.98. The first kappa shape index (κ1) is 36.3. The molecule has 2 saturated heterocycles. The maximum atomic E-state index is 13.7. The van der Waals surface area contributed by atoms with Crippen molar-refractivity contribution < 1.29 is 82.6 Å². The van der Waals surface area contributed by atoms with E-state index in [1.165, 1.54) is 24.3 Å². The molecule has 18 heteroatoms. The summed E-state index contributed by atoms with van der Waals surface area (Å²) in [6.07, 6.45) is -14.5. The predicted octanol–water partition coefficient (Wildman–Crippen LogP) is -0.0688. The van der Waals surface area contributed by atoms with Crippen LogP contribution in [0.4, 0.5) is 0 Å². The Morgan fingerprint density at radius 2 is 1.38 bits per heavy atom. The molecule has 2 aliphatic heterocycles. The van der Waals surface area contributed by atoms with Crippen molar-refractivity contribution >= 4 is 28.9 Å². The molecular formula is C32H34O18. The Morgan fingerprint density at radius 3 is 2.02 bits per heavy atom. The molecule has 2 aliphatic rings. The molecule has 18 nitrogen and oxygen atoms in total. The molecular weight excluding hydrogens is 672 g/mol. The van der Waals surface area contributed by atoms with Crippen LogP contribution in [-0.4, -0.2) is 117 Å². The Kier molecular flexibility index (Phi) is 10.8. The second kappa shape index (κ2) is 14.9. The molecule has 9 atom stereocenters. The maximum absolute atomic E-state index is 13.7. The molecule has 0 saturated carbocycles. The molecule has 2 fully saturated rings. The third kappa shape index (κ3) is 7.75. The number of ether oxygens (including phenoxy) is 7. The number of rotatable bonds is 10. The molecule has 0 spiro atoms. The van der Waals surface area contributed by atoms with Gasteiger partial charge in [0, 0.05) is 38.5 Å². The fraction of sp³-hybridized carbons (Fsp3) is 0.438. The van der Waals surface area contributed by atoms with Crippen molar-refractivity contribution in [3.63, 3.8) is 0 Å². The van der Waals surface area contributed by atoms with E-state index in [4.69, 9.17) is 37.6 Å². The van der Waals surface area contributed by atoms with Crippen LogP contribution in [0.25, 0.3) is 22.3 Å². The molecule has 50 heavy (non-hydrogen) atoms. The molecule has 3 aromatic rings. The molecule has 0 unspecified atom stereocenters. The Bertz CT molecular complexity index is 1790. The van der Waals surface area contributed by atoms with Gasteiger partial charge in [-0.2, -0.15) is 0 Å². The normalized spacial score (nSPS) is 27.8. The average molecular weight is 707 g/mol. The summed E-state index contributed by atoms with van der Waals surface area (Å²) in [4.78, 5) is 48.9. The van der Waals surface area contributed by atoms with Crippen LogP contribution in [0.1, 0.15) is 20.8 Å². The standard InChI is InChI=1S/C32H34O18/c1-12(33)43-11-21-28(45-13(2)34)30(46-14(3)35)32(49-21)44-10-20-23(39)25(41)26(42)31(48-20)50-29-24(40)22-18(38)8-17(37)9-19(22)47-27(29)15-4-6-16(36)7-5-15/h4-9,20-21,23,25-26,28,30-32,36-39,41-42H,10-11H2,1-3H3/t20-,21+,23-,25+,26-,28+,30-,31+,32+/m0/s1. The summed E-state index contributed by atoms with van der Waals surface area (Å²) in [5.41, 5.74) is -1.05. The van der Waals surface area contributed by atoms with Crippen LogP contribution >= 0.6 is 0 Å². The Hall–Kier alpha value is -4.98. The second-order valence-electron chi connectivity index (χ2n) is 11.4. The van der Waals surface area contributed by atoms with Gasteiger partial charge in [0.1, 0.15) is 65.3 Å². The lowest BCUT2D eigenvalue weighted by atomic mass is 9.99. The third-order valence-electron chi connectivity index (χ3n) is 7.70. The van der Waals surface area contributed by atoms with Crippen molar-refractivity contribution in [1.82, 2.24) is 0 Å². The van der Waals surface area contributed by atoms with E-state index in [9.17, 15) is 49.8 Å². The zero-order chi connectivity index (χ0) is 36.4. The van der Waals surface area contributed by atoms with E-state index in [1.807, 2.05) is 0 Å².